The van der Waals surface area contributed by atoms with E-state index in [0.29, 0.717) is 5.76 Å². The van der Waals surface area contributed by atoms with Crippen molar-refractivity contribution in [2.75, 3.05) is 6.61 Å². The molecule has 1 aromatic heterocycles. The zero-order valence-electron chi connectivity index (χ0n) is 9.09. The van der Waals surface area contributed by atoms with Crippen molar-refractivity contribution >= 4 is 12.1 Å². The number of hydrogen-bond donors (Lipinski definition) is 2. The van der Waals surface area contributed by atoms with E-state index in [-0.39, 0.29) is 13.0 Å². The molecular weight excluding hydrogens is 226 g/mol. The number of carbonyl (C=O) groups excluding carboxylic acids is 1. The van der Waals surface area contributed by atoms with Crippen molar-refractivity contribution in [1.29, 1.82) is 0 Å². The predicted molar refractivity (Wildman–Crippen MR) is 58.5 cm³/mol. The molecule has 0 unspecified atom stereocenters. The molecule has 2 N–H and O–H groups in total. The van der Waals surface area contributed by atoms with Gasteiger partial charge in [0.25, 0.3) is 0 Å². The Balaban J connectivity index is 2.51. The average molecular weight is 239 g/mol. The van der Waals surface area contributed by atoms with E-state index in [4.69, 9.17) is 9.52 Å². The molecule has 0 aliphatic rings. The maximum absolute atomic E-state index is 11.2. The lowest BCUT2D eigenvalue weighted by Crippen LogP contribution is -2.42. The number of ether oxygens (including phenoxy) is 1. The molecule has 92 valence electrons. The van der Waals surface area contributed by atoms with Crippen molar-refractivity contribution in [2.24, 2.45) is 0 Å². The number of carbonyl (C=O) groups is 2. The third-order valence-corrected chi connectivity index (χ3v) is 1.91. The lowest BCUT2D eigenvalue weighted by Gasteiger charge is -2.12. The van der Waals surface area contributed by atoms with E-state index >= 15 is 0 Å². The summed E-state index contributed by atoms with van der Waals surface area (Å²) in [5, 5.41) is 11.1. The number of rotatable bonds is 6. The Morgan fingerprint density at radius 2 is 2.41 bits per heavy atom. The van der Waals surface area contributed by atoms with E-state index in [2.05, 4.69) is 16.6 Å². The van der Waals surface area contributed by atoms with E-state index in [1.807, 2.05) is 0 Å². The number of nitrogens with one attached hydrogen (secondary N) is 1. The molecule has 1 amide bonds. The number of amides is 1. The Morgan fingerprint density at radius 3 is 2.94 bits per heavy atom. The maximum Gasteiger partial charge on any atom is 0.408 e. The fourth-order valence-corrected chi connectivity index (χ4v) is 1.15. The fraction of sp³-hybridized carbons (Fsp3) is 0.273. The molecule has 0 aliphatic carbocycles. The first-order chi connectivity index (χ1) is 8.13. The summed E-state index contributed by atoms with van der Waals surface area (Å²) in [5.41, 5.74) is 0. The highest BCUT2D eigenvalue weighted by molar-refractivity contribution is 5.80. The van der Waals surface area contributed by atoms with E-state index in [0.717, 1.165) is 0 Å². The molecule has 0 saturated carbocycles. The molecule has 0 aromatic carbocycles. The Bertz CT molecular complexity index is 385. The second-order valence-corrected chi connectivity index (χ2v) is 3.21. The van der Waals surface area contributed by atoms with Crippen molar-refractivity contribution in [1.82, 2.24) is 5.32 Å². The van der Waals surface area contributed by atoms with Crippen LogP contribution in [-0.4, -0.2) is 29.8 Å². The van der Waals surface area contributed by atoms with Crippen LogP contribution >= 0.6 is 0 Å². The van der Waals surface area contributed by atoms with Gasteiger partial charge in [0.05, 0.1) is 6.26 Å². The lowest BCUT2D eigenvalue weighted by atomic mass is 10.2. The van der Waals surface area contributed by atoms with Crippen LogP contribution in [0.3, 0.4) is 0 Å². The summed E-state index contributed by atoms with van der Waals surface area (Å²) in [6, 6.07) is 2.19. The predicted octanol–water partition coefficient (Wildman–Crippen LogP) is 1.19. The largest absolute Gasteiger partial charge is 0.480 e. The van der Waals surface area contributed by atoms with Crippen molar-refractivity contribution in [3.05, 3.63) is 36.8 Å². The van der Waals surface area contributed by atoms with Gasteiger partial charge in [0.15, 0.2) is 0 Å². The minimum Gasteiger partial charge on any atom is -0.480 e. The van der Waals surface area contributed by atoms with E-state index in [1.54, 1.807) is 12.1 Å². The minimum atomic E-state index is -1.16. The lowest BCUT2D eigenvalue weighted by molar-refractivity contribution is -0.139. The molecule has 0 fully saturated rings. The SMILES string of the molecule is C=CCOC(=O)N[C@H](Cc1ccco1)C(=O)O. The molecule has 0 bridgehead atoms. The van der Waals surface area contributed by atoms with Gasteiger partial charge in [-0.15, -0.1) is 0 Å². The Labute approximate surface area is 97.9 Å². The summed E-state index contributed by atoms with van der Waals surface area (Å²) < 4.78 is 9.63. The van der Waals surface area contributed by atoms with E-state index in [9.17, 15) is 9.59 Å². The highest BCUT2D eigenvalue weighted by Gasteiger charge is 2.22. The van der Waals surface area contributed by atoms with Crippen LogP contribution < -0.4 is 5.32 Å². The molecule has 1 rings (SSSR count). The van der Waals surface area contributed by atoms with E-state index < -0.39 is 18.1 Å². The molecule has 0 spiro atoms. The first kappa shape index (κ1) is 12.8. The number of hydrogen-bond acceptors (Lipinski definition) is 4. The molecule has 1 atom stereocenters. The van der Waals surface area contributed by atoms with Crippen LogP contribution in [0.15, 0.2) is 35.5 Å². The zero-order valence-corrected chi connectivity index (χ0v) is 9.09. The van der Waals surface area contributed by atoms with Gasteiger partial charge in [0, 0.05) is 6.42 Å². The highest BCUT2D eigenvalue weighted by atomic mass is 16.5. The summed E-state index contributed by atoms with van der Waals surface area (Å²) in [4.78, 5) is 22.1. The normalized spacial score (nSPS) is 11.5. The molecule has 1 heterocycles. The molecule has 0 aliphatic heterocycles. The minimum absolute atomic E-state index is 0.0267. The smallest absolute Gasteiger partial charge is 0.408 e. The average Bonchev–Trinajstić information content (AvgIpc) is 2.78. The van der Waals surface area contributed by atoms with Gasteiger partial charge in [-0.3, -0.25) is 0 Å². The van der Waals surface area contributed by atoms with Crippen molar-refractivity contribution in [3.63, 3.8) is 0 Å². The Kier molecular flexibility index (Phi) is 4.80. The maximum atomic E-state index is 11.2. The van der Waals surface area contributed by atoms with Gasteiger partial charge >= 0.3 is 12.1 Å². The van der Waals surface area contributed by atoms with Crippen LogP contribution in [0, 0.1) is 0 Å². The number of aliphatic carboxylic acids is 1. The summed E-state index contributed by atoms with van der Waals surface area (Å²) in [6.07, 6.45) is 2.08. The Hall–Kier alpha value is -2.24. The molecule has 6 nitrogen and oxygen atoms in total. The summed E-state index contributed by atoms with van der Waals surface area (Å²) in [5.74, 6) is -0.682. The van der Waals surface area contributed by atoms with Crippen LogP contribution in [0.4, 0.5) is 4.79 Å². The summed E-state index contributed by atoms with van der Waals surface area (Å²) in [7, 11) is 0. The summed E-state index contributed by atoms with van der Waals surface area (Å²) >= 11 is 0. The monoisotopic (exact) mass is 239 g/mol. The first-order valence-electron chi connectivity index (χ1n) is 4.93. The van der Waals surface area contributed by atoms with Gasteiger partial charge in [-0.05, 0) is 12.1 Å². The van der Waals surface area contributed by atoms with E-state index in [1.165, 1.54) is 12.3 Å². The van der Waals surface area contributed by atoms with Gasteiger partial charge in [0.2, 0.25) is 0 Å². The van der Waals surface area contributed by atoms with Gasteiger partial charge in [0.1, 0.15) is 18.4 Å². The number of carboxylic acids is 1. The molecule has 1 aromatic rings. The quantitative estimate of drug-likeness (QED) is 0.728. The van der Waals surface area contributed by atoms with Crippen LogP contribution in [-0.2, 0) is 16.0 Å². The first-order valence-corrected chi connectivity index (χ1v) is 4.93. The van der Waals surface area contributed by atoms with Crippen LogP contribution in [0.5, 0.6) is 0 Å². The Morgan fingerprint density at radius 1 is 1.65 bits per heavy atom. The van der Waals surface area contributed by atoms with Gasteiger partial charge in [-0.2, -0.15) is 0 Å². The number of alkyl carbamates (subject to hydrolysis) is 1. The molecular formula is C11H13NO5. The second kappa shape index (κ2) is 6.37. The summed E-state index contributed by atoms with van der Waals surface area (Å²) in [6.45, 7) is 3.40. The van der Waals surface area contributed by atoms with Crippen molar-refractivity contribution < 1.29 is 23.8 Å². The zero-order chi connectivity index (χ0) is 12.7. The highest BCUT2D eigenvalue weighted by Crippen LogP contribution is 2.04. The van der Waals surface area contributed by atoms with Crippen LogP contribution in [0.2, 0.25) is 0 Å². The van der Waals surface area contributed by atoms with Crippen LogP contribution in [0.25, 0.3) is 0 Å². The topological polar surface area (TPSA) is 88.8 Å². The van der Waals surface area contributed by atoms with Gasteiger partial charge in [-0.25, -0.2) is 9.59 Å². The number of carboxylic acid groups (broad SMARTS) is 1. The molecule has 17 heavy (non-hydrogen) atoms. The van der Waals surface area contributed by atoms with Crippen molar-refractivity contribution in [3.8, 4) is 0 Å². The van der Waals surface area contributed by atoms with Gasteiger partial charge < -0.3 is 19.6 Å². The molecule has 0 radical (unpaired) electrons. The van der Waals surface area contributed by atoms with Crippen LogP contribution in [0.1, 0.15) is 5.76 Å². The number of furan rings is 1. The molecule has 0 saturated heterocycles. The standard InChI is InChI=1S/C11H13NO5/c1-2-5-17-11(15)12-9(10(13)14)7-8-4-3-6-16-8/h2-4,6,9H,1,5,7H2,(H,12,15)(H,13,14)/t9-/m1/s1. The fourth-order valence-electron chi connectivity index (χ4n) is 1.15. The second-order valence-electron chi connectivity index (χ2n) is 3.21. The third-order valence-electron chi connectivity index (χ3n) is 1.91. The van der Waals surface area contributed by atoms with Crippen molar-refractivity contribution in [2.45, 2.75) is 12.5 Å². The molecule has 6 heteroatoms. The third kappa shape index (κ3) is 4.42. The van der Waals surface area contributed by atoms with Gasteiger partial charge in [-0.1, -0.05) is 12.7 Å².